The smallest absolute Gasteiger partial charge is 0.161 e. The van der Waals surface area contributed by atoms with Crippen molar-refractivity contribution in [3.05, 3.63) is 22.8 Å². The summed E-state index contributed by atoms with van der Waals surface area (Å²) in [5.41, 5.74) is 1.74. The Bertz CT molecular complexity index is 625. The van der Waals surface area contributed by atoms with Crippen molar-refractivity contribution in [1.82, 2.24) is 20.3 Å². The molecule has 1 N–H and O–H groups in total. The van der Waals surface area contributed by atoms with Gasteiger partial charge >= 0.3 is 0 Å². The van der Waals surface area contributed by atoms with Crippen molar-refractivity contribution in [2.45, 2.75) is 6.04 Å². The molecule has 20 heavy (non-hydrogen) atoms. The molecule has 106 valence electrons. The van der Waals surface area contributed by atoms with E-state index in [1.54, 1.807) is 14.2 Å². The van der Waals surface area contributed by atoms with Crippen LogP contribution in [-0.2, 0) is 0 Å². The minimum atomic E-state index is 0.398. The third-order valence-electron chi connectivity index (χ3n) is 3.39. The predicted molar refractivity (Wildman–Crippen MR) is 78.2 cm³/mol. The zero-order valence-electron chi connectivity index (χ0n) is 11.3. The molecule has 1 fully saturated rings. The Balaban J connectivity index is 1.98. The molecule has 0 bridgehead atoms. The van der Waals surface area contributed by atoms with Gasteiger partial charge in [-0.05, 0) is 28.1 Å². The Labute approximate surface area is 125 Å². The molecule has 1 aliphatic rings. The van der Waals surface area contributed by atoms with Gasteiger partial charge in [0.25, 0.3) is 0 Å². The molecule has 0 unspecified atom stereocenters. The van der Waals surface area contributed by atoms with Crippen LogP contribution in [0.4, 0.5) is 0 Å². The zero-order chi connectivity index (χ0) is 14.1. The molecule has 1 aromatic heterocycles. The van der Waals surface area contributed by atoms with E-state index in [1.165, 1.54) is 0 Å². The van der Waals surface area contributed by atoms with Crippen molar-refractivity contribution in [3.8, 4) is 22.8 Å². The molecule has 7 heteroatoms. The molecular weight excluding hydrogens is 324 g/mol. The van der Waals surface area contributed by atoms with Crippen molar-refractivity contribution in [2.24, 2.45) is 0 Å². The summed E-state index contributed by atoms with van der Waals surface area (Å²) in [6.45, 7) is 1.88. The summed E-state index contributed by atoms with van der Waals surface area (Å²) in [5, 5.41) is 11.6. The molecule has 0 atom stereocenters. The van der Waals surface area contributed by atoms with Crippen LogP contribution < -0.4 is 14.8 Å². The van der Waals surface area contributed by atoms with Crippen molar-refractivity contribution in [2.75, 3.05) is 27.3 Å². The number of nitrogens with zero attached hydrogens (tertiary/aromatic N) is 3. The number of benzene rings is 1. The Hall–Kier alpha value is -1.60. The summed E-state index contributed by atoms with van der Waals surface area (Å²) in [4.78, 5) is 0. The van der Waals surface area contributed by atoms with E-state index in [0.717, 1.165) is 28.8 Å². The SMILES string of the molecule is COc1cc(Br)c(-c2cn(C3CNC3)nn2)cc1OC. The summed E-state index contributed by atoms with van der Waals surface area (Å²) in [7, 11) is 3.23. The molecule has 6 nitrogen and oxygen atoms in total. The molecule has 1 saturated heterocycles. The van der Waals surface area contributed by atoms with E-state index in [-0.39, 0.29) is 0 Å². The highest BCUT2D eigenvalue weighted by Crippen LogP contribution is 2.37. The first kappa shape index (κ1) is 13.4. The van der Waals surface area contributed by atoms with Gasteiger partial charge in [0, 0.05) is 23.1 Å². The summed E-state index contributed by atoms with van der Waals surface area (Å²) < 4.78 is 13.4. The predicted octanol–water partition coefficient (Wildman–Crippen LogP) is 1.87. The van der Waals surface area contributed by atoms with Crippen molar-refractivity contribution in [1.29, 1.82) is 0 Å². The summed E-state index contributed by atoms with van der Waals surface area (Å²) in [6, 6.07) is 4.17. The molecule has 1 aromatic carbocycles. The highest BCUT2D eigenvalue weighted by molar-refractivity contribution is 9.10. The fourth-order valence-corrected chi connectivity index (χ4v) is 2.62. The van der Waals surface area contributed by atoms with Gasteiger partial charge in [-0.2, -0.15) is 0 Å². The third kappa shape index (κ3) is 2.27. The topological polar surface area (TPSA) is 61.2 Å². The molecule has 1 aliphatic heterocycles. The normalized spacial score (nSPS) is 14.9. The maximum atomic E-state index is 5.33. The van der Waals surface area contributed by atoms with E-state index >= 15 is 0 Å². The minimum Gasteiger partial charge on any atom is -0.493 e. The van der Waals surface area contributed by atoms with Crippen molar-refractivity contribution >= 4 is 15.9 Å². The maximum absolute atomic E-state index is 5.33. The molecule has 0 radical (unpaired) electrons. The molecule has 0 saturated carbocycles. The van der Waals surface area contributed by atoms with Crippen LogP contribution in [0.15, 0.2) is 22.8 Å². The van der Waals surface area contributed by atoms with Crippen LogP contribution in [0.1, 0.15) is 6.04 Å². The number of methoxy groups -OCH3 is 2. The van der Waals surface area contributed by atoms with E-state index in [2.05, 4.69) is 31.6 Å². The third-order valence-corrected chi connectivity index (χ3v) is 4.05. The first-order chi connectivity index (χ1) is 9.72. The second-order valence-corrected chi connectivity index (χ2v) is 5.44. The Morgan fingerprint density at radius 2 is 1.95 bits per heavy atom. The molecule has 0 amide bonds. The van der Waals surface area contributed by atoms with E-state index in [9.17, 15) is 0 Å². The Kier molecular flexibility index (Phi) is 3.62. The first-order valence-electron chi connectivity index (χ1n) is 6.27. The number of nitrogens with one attached hydrogen (secondary N) is 1. The van der Waals surface area contributed by atoms with Gasteiger partial charge in [0.2, 0.25) is 0 Å². The fourth-order valence-electron chi connectivity index (χ4n) is 2.09. The second kappa shape index (κ2) is 5.41. The lowest BCUT2D eigenvalue weighted by Gasteiger charge is -2.26. The summed E-state index contributed by atoms with van der Waals surface area (Å²) >= 11 is 3.54. The van der Waals surface area contributed by atoms with Crippen molar-refractivity contribution in [3.63, 3.8) is 0 Å². The lowest BCUT2D eigenvalue weighted by Crippen LogP contribution is -2.43. The Morgan fingerprint density at radius 1 is 1.25 bits per heavy atom. The van der Waals surface area contributed by atoms with Gasteiger partial charge in [0.1, 0.15) is 5.69 Å². The molecule has 2 heterocycles. The van der Waals surface area contributed by atoms with Gasteiger partial charge in [-0.15, -0.1) is 5.10 Å². The van der Waals surface area contributed by atoms with Crippen LogP contribution in [0, 0.1) is 0 Å². The van der Waals surface area contributed by atoms with Gasteiger partial charge in [-0.1, -0.05) is 5.21 Å². The lowest BCUT2D eigenvalue weighted by molar-refractivity contribution is 0.313. The van der Waals surface area contributed by atoms with Crippen LogP contribution in [0.3, 0.4) is 0 Å². The van der Waals surface area contributed by atoms with Crippen molar-refractivity contribution < 1.29 is 9.47 Å². The number of hydrogen-bond acceptors (Lipinski definition) is 5. The average molecular weight is 339 g/mol. The highest BCUT2D eigenvalue weighted by atomic mass is 79.9. The van der Waals surface area contributed by atoms with E-state index in [0.29, 0.717) is 17.5 Å². The number of aromatic nitrogens is 3. The highest BCUT2D eigenvalue weighted by Gasteiger charge is 2.21. The average Bonchev–Trinajstić information content (AvgIpc) is 2.85. The number of halogens is 1. The largest absolute Gasteiger partial charge is 0.493 e. The summed E-state index contributed by atoms with van der Waals surface area (Å²) in [5.74, 6) is 1.35. The standard InChI is InChI=1S/C13H15BrN4O2/c1-19-12-3-9(10(14)4-13(12)20-2)11-7-18(17-16-11)8-5-15-6-8/h3-4,7-8,15H,5-6H2,1-2H3. The zero-order valence-corrected chi connectivity index (χ0v) is 12.8. The van der Waals surface area contributed by atoms with Crippen LogP contribution >= 0.6 is 15.9 Å². The fraction of sp³-hybridized carbons (Fsp3) is 0.385. The van der Waals surface area contributed by atoms with Gasteiger partial charge in [-0.25, -0.2) is 4.68 Å². The van der Waals surface area contributed by atoms with Crippen LogP contribution in [0.5, 0.6) is 11.5 Å². The van der Waals surface area contributed by atoms with Gasteiger partial charge in [-0.3, -0.25) is 0 Å². The molecular formula is C13H15BrN4O2. The molecule has 0 spiro atoms. The summed E-state index contributed by atoms with van der Waals surface area (Å²) in [6.07, 6.45) is 1.96. The van der Waals surface area contributed by atoms with Gasteiger partial charge in [0.15, 0.2) is 11.5 Å². The van der Waals surface area contributed by atoms with Crippen LogP contribution in [0.2, 0.25) is 0 Å². The first-order valence-corrected chi connectivity index (χ1v) is 7.06. The van der Waals surface area contributed by atoms with Gasteiger partial charge < -0.3 is 14.8 Å². The number of hydrogen-bond donors (Lipinski definition) is 1. The van der Waals surface area contributed by atoms with Crippen LogP contribution in [0.25, 0.3) is 11.3 Å². The Morgan fingerprint density at radius 3 is 2.55 bits per heavy atom. The van der Waals surface area contributed by atoms with E-state index in [4.69, 9.17) is 9.47 Å². The molecule has 0 aliphatic carbocycles. The van der Waals surface area contributed by atoms with E-state index < -0.39 is 0 Å². The maximum Gasteiger partial charge on any atom is 0.161 e. The molecule has 3 rings (SSSR count). The minimum absolute atomic E-state index is 0.398. The molecule has 2 aromatic rings. The second-order valence-electron chi connectivity index (χ2n) is 4.58. The van der Waals surface area contributed by atoms with E-state index in [1.807, 2.05) is 23.0 Å². The number of ether oxygens (including phenoxy) is 2. The monoisotopic (exact) mass is 338 g/mol. The lowest BCUT2D eigenvalue weighted by atomic mass is 10.1. The number of rotatable bonds is 4. The quantitative estimate of drug-likeness (QED) is 0.922. The van der Waals surface area contributed by atoms with Gasteiger partial charge in [0.05, 0.1) is 26.5 Å². The van der Waals surface area contributed by atoms with Crippen LogP contribution in [-0.4, -0.2) is 42.3 Å².